The van der Waals surface area contributed by atoms with Crippen LogP contribution in [0.5, 0.6) is 5.75 Å². The molecule has 0 bridgehead atoms. The molecule has 0 saturated carbocycles. The number of anilines is 1. The Balaban J connectivity index is 0.00000242. The van der Waals surface area contributed by atoms with Crippen molar-refractivity contribution in [2.75, 3.05) is 23.6 Å². The fraction of sp³-hybridized carbons (Fsp3) is 0.462. The summed E-state index contributed by atoms with van der Waals surface area (Å²) >= 11 is 1.64. The zero-order valence-corrected chi connectivity index (χ0v) is 13.3. The number of carbonyl (C=O) groups is 1. The van der Waals surface area contributed by atoms with Gasteiger partial charge in [0.15, 0.2) is 6.61 Å². The van der Waals surface area contributed by atoms with Gasteiger partial charge in [-0.05, 0) is 30.7 Å². The summed E-state index contributed by atoms with van der Waals surface area (Å²) in [5.41, 5.74) is 1.07. The molecule has 1 aromatic carbocycles. The fourth-order valence-corrected chi connectivity index (χ4v) is 2.78. The van der Waals surface area contributed by atoms with Gasteiger partial charge in [0.2, 0.25) is 5.91 Å². The predicted molar refractivity (Wildman–Crippen MR) is 82.9 cm³/mol. The second-order valence-electron chi connectivity index (χ2n) is 4.65. The van der Waals surface area contributed by atoms with Gasteiger partial charge in [0.25, 0.3) is 0 Å². The van der Waals surface area contributed by atoms with Crippen LogP contribution in [0.4, 0.5) is 18.9 Å². The molecule has 1 aromatic rings. The van der Waals surface area contributed by atoms with E-state index in [1.807, 2.05) is 0 Å². The molecule has 1 aliphatic heterocycles. The van der Waals surface area contributed by atoms with E-state index in [9.17, 15) is 18.0 Å². The summed E-state index contributed by atoms with van der Waals surface area (Å²) in [4.78, 5) is 11.9. The highest BCUT2D eigenvalue weighted by Crippen LogP contribution is 2.25. The number of amides is 1. The van der Waals surface area contributed by atoms with Crippen molar-refractivity contribution in [1.29, 1.82) is 0 Å². The molecule has 1 fully saturated rings. The average Bonchev–Trinajstić information content (AvgIpc) is 2.90. The number of aryl methyl sites for hydroxylation is 1. The van der Waals surface area contributed by atoms with E-state index in [2.05, 4.69) is 10.6 Å². The van der Waals surface area contributed by atoms with Crippen LogP contribution in [-0.2, 0) is 4.79 Å². The second kappa shape index (κ2) is 7.94. The molecule has 0 aliphatic carbocycles. The minimum absolute atomic E-state index is 0. The number of alkyl halides is 3. The van der Waals surface area contributed by atoms with Crippen molar-refractivity contribution in [3.8, 4) is 5.75 Å². The molecule has 0 radical (unpaired) electrons. The Labute approximate surface area is 136 Å². The maximum Gasteiger partial charge on any atom is 0.422 e. The van der Waals surface area contributed by atoms with Gasteiger partial charge >= 0.3 is 6.18 Å². The molecule has 1 unspecified atom stereocenters. The van der Waals surface area contributed by atoms with Crippen LogP contribution < -0.4 is 15.4 Å². The van der Waals surface area contributed by atoms with Crippen LogP contribution in [-0.4, -0.2) is 36.4 Å². The summed E-state index contributed by atoms with van der Waals surface area (Å²) in [5.74, 6) is 1.45. The van der Waals surface area contributed by atoms with Gasteiger partial charge in [0, 0.05) is 17.3 Å². The van der Waals surface area contributed by atoms with Gasteiger partial charge in [-0.2, -0.15) is 13.2 Å². The summed E-state index contributed by atoms with van der Waals surface area (Å²) in [6.45, 7) is 0.299. The fourth-order valence-electron chi connectivity index (χ4n) is 1.84. The van der Waals surface area contributed by atoms with E-state index in [1.165, 1.54) is 12.1 Å². The van der Waals surface area contributed by atoms with E-state index in [0.29, 0.717) is 17.0 Å². The van der Waals surface area contributed by atoms with E-state index in [0.717, 1.165) is 5.88 Å². The van der Waals surface area contributed by atoms with Crippen molar-refractivity contribution in [3.05, 3.63) is 23.8 Å². The van der Waals surface area contributed by atoms with E-state index in [-0.39, 0.29) is 30.1 Å². The minimum atomic E-state index is -4.37. The number of hydrogen-bond acceptors (Lipinski definition) is 4. The molecular weight excluding hydrogens is 341 g/mol. The van der Waals surface area contributed by atoms with Gasteiger partial charge < -0.3 is 10.1 Å². The molecule has 1 aliphatic rings. The maximum atomic E-state index is 12.1. The summed E-state index contributed by atoms with van der Waals surface area (Å²) < 4.78 is 41.0. The Morgan fingerprint density at radius 2 is 2.23 bits per heavy atom. The maximum absolute atomic E-state index is 12.1. The molecule has 1 saturated heterocycles. The quantitative estimate of drug-likeness (QED) is 0.871. The van der Waals surface area contributed by atoms with Crippen molar-refractivity contribution < 1.29 is 22.7 Å². The number of rotatable bonds is 4. The molecule has 9 heteroatoms. The van der Waals surface area contributed by atoms with Gasteiger partial charge in [-0.1, -0.05) is 0 Å². The highest BCUT2D eigenvalue weighted by molar-refractivity contribution is 7.99. The van der Waals surface area contributed by atoms with Crippen LogP contribution in [0, 0.1) is 6.92 Å². The van der Waals surface area contributed by atoms with E-state index < -0.39 is 12.8 Å². The SMILES string of the molecule is Cc1cc(NC(=O)C2CSCN2)ccc1OCC(F)(F)F.Cl. The molecule has 1 amide bonds. The number of halogens is 4. The monoisotopic (exact) mass is 356 g/mol. The van der Waals surface area contributed by atoms with E-state index >= 15 is 0 Å². The Bertz CT molecular complexity index is 522. The third-order valence-corrected chi connectivity index (χ3v) is 3.81. The van der Waals surface area contributed by atoms with Gasteiger partial charge in [-0.3, -0.25) is 10.1 Å². The van der Waals surface area contributed by atoms with Crippen LogP contribution in [0.25, 0.3) is 0 Å². The first-order valence-electron chi connectivity index (χ1n) is 6.27. The van der Waals surface area contributed by atoms with Crippen LogP contribution in [0.1, 0.15) is 5.56 Å². The lowest BCUT2D eigenvalue weighted by molar-refractivity contribution is -0.153. The molecule has 4 nitrogen and oxygen atoms in total. The van der Waals surface area contributed by atoms with Gasteiger partial charge in [-0.25, -0.2) is 0 Å². The minimum Gasteiger partial charge on any atom is -0.484 e. The Hall–Kier alpha value is -1.12. The zero-order chi connectivity index (χ0) is 15.5. The Kier molecular flexibility index (Phi) is 6.83. The van der Waals surface area contributed by atoms with Gasteiger partial charge in [0.05, 0.1) is 6.04 Å². The largest absolute Gasteiger partial charge is 0.484 e. The molecular formula is C13H16ClF3N2O2S. The summed E-state index contributed by atoms with van der Waals surface area (Å²) in [6.07, 6.45) is -4.37. The van der Waals surface area contributed by atoms with Crippen LogP contribution in [0.15, 0.2) is 18.2 Å². The third-order valence-electron chi connectivity index (χ3n) is 2.87. The molecule has 2 N–H and O–H groups in total. The predicted octanol–water partition coefficient (Wildman–Crippen LogP) is 2.96. The number of hydrogen-bond donors (Lipinski definition) is 2. The lowest BCUT2D eigenvalue weighted by Gasteiger charge is -2.14. The number of ether oxygens (including phenoxy) is 1. The number of carbonyl (C=O) groups excluding carboxylic acids is 1. The van der Waals surface area contributed by atoms with Crippen molar-refractivity contribution in [2.24, 2.45) is 0 Å². The summed E-state index contributed by atoms with van der Waals surface area (Å²) in [5, 5.41) is 5.77. The first-order valence-corrected chi connectivity index (χ1v) is 7.43. The Morgan fingerprint density at radius 3 is 2.77 bits per heavy atom. The molecule has 0 aromatic heterocycles. The number of benzene rings is 1. The molecule has 1 atom stereocenters. The van der Waals surface area contributed by atoms with Crippen LogP contribution in [0.3, 0.4) is 0 Å². The number of nitrogens with one attached hydrogen (secondary N) is 2. The first kappa shape index (κ1) is 18.9. The molecule has 124 valence electrons. The van der Waals surface area contributed by atoms with Crippen LogP contribution >= 0.6 is 24.2 Å². The lowest BCUT2D eigenvalue weighted by atomic mass is 10.2. The smallest absolute Gasteiger partial charge is 0.422 e. The van der Waals surface area contributed by atoms with E-state index in [4.69, 9.17) is 4.74 Å². The standard InChI is InChI=1S/C13H15F3N2O2S.ClH/c1-8-4-9(18-12(19)10-5-21-7-17-10)2-3-11(8)20-6-13(14,15)16;/h2-4,10,17H,5-7H2,1H3,(H,18,19);1H. The van der Waals surface area contributed by atoms with E-state index in [1.54, 1.807) is 24.8 Å². The first-order chi connectivity index (χ1) is 9.85. The van der Waals surface area contributed by atoms with Crippen molar-refractivity contribution in [3.63, 3.8) is 0 Å². The second-order valence-corrected chi connectivity index (χ2v) is 5.68. The van der Waals surface area contributed by atoms with Crippen molar-refractivity contribution in [2.45, 2.75) is 19.1 Å². The average molecular weight is 357 g/mol. The van der Waals surface area contributed by atoms with Gasteiger partial charge in [0.1, 0.15) is 5.75 Å². The van der Waals surface area contributed by atoms with Crippen molar-refractivity contribution in [1.82, 2.24) is 5.32 Å². The molecule has 1 heterocycles. The normalized spacial score (nSPS) is 17.7. The Morgan fingerprint density at radius 1 is 1.50 bits per heavy atom. The summed E-state index contributed by atoms with van der Waals surface area (Å²) in [6, 6.07) is 4.30. The van der Waals surface area contributed by atoms with Crippen molar-refractivity contribution >= 4 is 35.8 Å². The lowest BCUT2D eigenvalue weighted by Crippen LogP contribution is -2.37. The molecule has 2 rings (SSSR count). The topological polar surface area (TPSA) is 50.4 Å². The molecule has 0 spiro atoms. The molecule has 22 heavy (non-hydrogen) atoms. The van der Waals surface area contributed by atoms with Crippen LogP contribution in [0.2, 0.25) is 0 Å². The van der Waals surface area contributed by atoms with Gasteiger partial charge in [-0.15, -0.1) is 24.2 Å². The zero-order valence-electron chi connectivity index (χ0n) is 11.7. The number of thioether (sulfide) groups is 1. The highest BCUT2D eigenvalue weighted by atomic mass is 35.5. The highest BCUT2D eigenvalue weighted by Gasteiger charge is 2.28. The summed E-state index contributed by atoms with van der Waals surface area (Å²) in [7, 11) is 0. The third kappa shape index (κ3) is 5.58.